The number of thiophene rings is 1. The molecule has 1 N–H and O–H groups in total. The monoisotopic (exact) mass is 413 g/mol. The molecule has 2 heterocycles. The van der Waals surface area contributed by atoms with Gasteiger partial charge in [0, 0.05) is 6.54 Å². The van der Waals surface area contributed by atoms with Gasteiger partial charge in [0.05, 0.1) is 12.1 Å². The van der Waals surface area contributed by atoms with Crippen LogP contribution in [0.2, 0.25) is 0 Å². The minimum Gasteiger partial charge on any atom is -0.355 e. The minimum atomic E-state index is -0.460. The number of amides is 1. The van der Waals surface area contributed by atoms with Gasteiger partial charge in [-0.05, 0) is 54.3 Å². The van der Waals surface area contributed by atoms with Crippen molar-refractivity contribution in [2.45, 2.75) is 47.2 Å². The van der Waals surface area contributed by atoms with Gasteiger partial charge in [0.2, 0.25) is 5.91 Å². The van der Waals surface area contributed by atoms with Crippen molar-refractivity contribution >= 4 is 27.5 Å². The summed E-state index contributed by atoms with van der Waals surface area (Å²) in [7, 11) is 0. The number of carbonyl (C=O) groups is 1. The predicted molar refractivity (Wildman–Crippen MR) is 118 cm³/mol. The highest BCUT2D eigenvalue weighted by Crippen LogP contribution is 2.16. The molecule has 0 aliphatic carbocycles. The number of fused-ring (bicyclic) bond motifs is 1. The van der Waals surface area contributed by atoms with Crippen molar-refractivity contribution in [3.63, 3.8) is 0 Å². The Morgan fingerprint density at radius 3 is 2.55 bits per heavy atom. The van der Waals surface area contributed by atoms with E-state index in [9.17, 15) is 14.4 Å². The standard InChI is InChI=1S/C22H27N3O3S/c1-14(2)7-9-23-19(26)13-24-18-8-10-29-20(18)21(27)25(22(24)28)12-17-6-5-15(3)16(4)11-17/h5-6,8,10-11,14H,7,9,12-13H2,1-4H3,(H,23,26). The second kappa shape index (κ2) is 8.78. The number of nitrogens with one attached hydrogen (secondary N) is 1. The fourth-order valence-electron chi connectivity index (χ4n) is 3.21. The Morgan fingerprint density at radius 2 is 1.86 bits per heavy atom. The molecule has 0 fully saturated rings. The van der Waals surface area contributed by atoms with Gasteiger partial charge in [-0.15, -0.1) is 11.3 Å². The van der Waals surface area contributed by atoms with Crippen molar-refractivity contribution in [1.29, 1.82) is 0 Å². The first-order valence-corrected chi connectivity index (χ1v) is 10.7. The second-order valence-electron chi connectivity index (χ2n) is 7.85. The maximum atomic E-state index is 13.1. The molecule has 0 spiro atoms. The first-order valence-electron chi connectivity index (χ1n) is 9.81. The summed E-state index contributed by atoms with van der Waals surface area (Å²) in [5.74, 6) is 0.262. The number of hydrogen-bond donors (Lipinski definition) is 1. The number of nitrogens with zero attached hydrogens (tertiary/aromatic N) is 2. The van der Waals surface area contributed by atoms with Gasteiger partial charge in [-0.25, -0.2) is 4.79 Å². The number of aryl methyl sites for hydroxylation is 2. The summed E-state index contributed by atoms with van der Waals surface area (Å²) in [4.78, 5) is 38.4. The van der Waals surface area contributed by atoms with E-state index in [1.165, 1.54) is 20.5 Å². The Balaban J connectivity index is 1.97. The lowest BCUT2D eigenvalue weighted by atomic mass is 10.1. The SMILES string of the molecule is Cc1ccc(Cn2c(=O)c3sccc3n(CC(=O)NCCC(C)C)c2=O)cc1C. The van der Waals surface area contributed by atoms with Gasteiger partial charge < -0.3 is 5.32 Å². The van der Waals surface area contributed by atoms with Crippen molar-refractivity contribution in [3.8, 4) is 0 Å². The smallest absolute Gasteiger partial charge is 0.332 e. The van der Waals surface area contributed by atoms with Crippen LogP contribution in [0.25, 0.3) is 10.2 Å². The van der Waals surface area contributed by atoms with E-state index in [-0.39, 0.29) is 24.6 Å². The normalized spacial score (nSPS) is 11.3. The molecule has 6 nitrogen and oxygen atoms in total. The molecule has 0 aliphatic rings. The van der Waals surface area contributed by atoms with Crippen molar-refractivity contribution in [2.75, 3.05) is 6.54 Å². The highest BCUT2D eigenvalue weighted by atomic mass is 32.1. The van der Waals surface area contributed by atoms with E-state index in [1.807, 2.05) is 32.0 Å². The highest BCUT2D eigenvalue weighted by molar-refractivity contribution is 7.17. The zero-order chi connectivity index (χ0) is 21.1. The molecule has 0 radical (unpaired) electrons. The average Bonchev–Trinajstić information content (AvgIpc) is 3.14. The number of benzene rings is 1. The van der Waals surface area contributed by atoms with Crippen LogP contribution in [0, 0.1) is 19.8 Å². The molecule has 0 aliphatic heterocycles. The molecule has 0 saturated heterocycles. The zero-order valence-electron chi connectivity index (χ0n) is 17.3. The Morgan fingerprint density at radius 1 is 1.10 bits per heavy atom. The van der Waals surface area contributed by atoms with Crippen LogP contribution in [0.4, 0.5) is 0 Å². The van der Waals surface area contributed by atoms with Crippen LogP contribution < -0.4 is 16.6 Å². The number of hydrogen-bond acceptors (Lipinski definition) is 4. The fraction of sp³-hybridized carbons (Fsp3) is 0.409. The van der Waals surface area contributed by atoms with Gasteiger partial charge >= 0.3 is 5.69 Å². The molecule has 0 unspecified atom stereocenters. The van der Waals surface area contributed by atoms with Crippen LogP contribution in [0.3, 0.4) is 0 Å². The van der Waals surface area contributed by atoms with E-state index in [1.54, 1.807) is 11.4 Å². The van der Waals surface area contributed by atoms with Crippen LogP contribution in [-0.2, 0) is 17.9 Å². The molecule has 1 amide bonds. The van der Waals surface area contributed by atoms with E-state index in [0.29, 0.717) is 22.7 Å². The number of rotatable bonds is 7. The summed E-state index contributed by atoms with van der Waals surface area (Å²) in [6.45, 7) is 8.86. The molecule has 0 bridgehead atoms. The Labute approximate surface area is 173 Å². The van der Waals surface area contributed by atoms with Gasteiger partial charge in [-0.1, -0.05) is 32.0 Å². The van der Waals surface area contributed by atoms with Gasteiger partial charge in [-0.3, -0.25) is 18.7 Å². The molecule has 3 aromatic rings. The molecule has 1 aromatic carbocycles. The third kappa shape index (κ3) is 4.67. The molecule has 29 heavy (non-hydrogen) atoms. The third-order valence-electron chi connectivity index (χ3n) is 5.09. The van der Waals surface area contributed by atoms with Crippen LogP contribution in [0.5, 0.6) is 0 Å². The molecule has 0 saturated carbocycles. The number of carbonyl (C=O) groups excluding carboxylic acids is 1. The lowest BCUT2D eigenvalue weighted by molar-refractivity contribution is -0.121. The molecule has 2 aromatic heterocycles. The van der Waals surface area contributed by atoms with Gasteiger partial charge in [-0.2, -0.15) is 0 Å². The molecule has 7 heteroatoms. The van der Waals surface area contributed by atoms with Crippen LogP contribution in [0.1, 0.15) is 37.0 Å². The van der Waals surface area contributed by atoms with E-state index in [2.05, 4.69) is 19.2 Å². The van der Waals surface area contributed by atoms with E-state index in [4.69, 9.17) is 0 Å². The first-order chi connectivity index (χ1) is 13.8. The van der Waals surface area contributed by atoms with Crippen molar-refractivity contribution in [1.82, 2.24) is 14.5 Å². The predicted octanol–water partition coefficient (Wildman–Crippen LogP) is 3.05. The van der Waals surface area contributed by atoms with E-state index >= 15 is 0 Å². The quantitative estimate of drug-likeness (QED) is 0.647. The summed E-state index contributed by atoms with van der Waals surface area (Å²) in [5, 5.41) is 4.64. The maximum absolute atomic E-state index is 13.1. The van der Waals surface area contributed by atoms with Crippen molar-refractivity contribution in [2.24, 2.45) is 5.92 Å². The third-order valence-corrected chi connectivity index (χ3v) is 5.99. The van der Waals surface area contributed by atoms with E-state index in [0.717, 1.165) is 23.1 Å². The molecular formula is C22H27N3O3S. The summed E-state index contributed by atoms with van der Waals surface area (Å²) in [6.07, 6.45) is 0.876. The van der Waals surface area contributed by atoms with E-state index < -0.39 is 5.69 Å². The Hall–Kier alpha value is -2.67. The first kappa shape index (κ1) is 21.0. The largest absolute Gasteiger partial charge is 0.355 e. The lowest BCUT2D eigenvalue weighted by Crippen LogP contribution is -2.42. The Bertz CT molecular complexity index is 1150. The molecule has 3 rings (SSSR count). The zero-order valence-corrected chi connectivity index (χ0v) is 18.1. The van der Waals surface area contributed by atoms with Crippen LogP contribution in [-0.4, -0.2) is 21.6 Å². The summed E-state index contributed by atoms with van der Waals surface area (Å²) in [5.41, 5.74) is 2.90. The minimum absolute atomic E-state index is 0.0998. The number of aromatic nitrogens is 2. The molecule has 0 atom stereocenters. The van der Waals surface area contributed by atoms with Crippen LogP contribution >= 0.6 is 11.3 Å². The van der Waals surface area contributed by atoms with Crippen LogP contribution in [0.15, 0.2) is 39.2 Å². The van der Waals surface area contributed by atoms with Crippen molar-refractivity contribution < 1.29 is 4.79 Å². The van der Waals surface area contributed by atoms with Crippen molar-refractivity contribution in [3.05, 3.63) is 67.2 Å². The summed E-state index contributed by atoms with van der Waals surface area (Å²) >= 11 is 1.29. The molecular weight excluding hydrogens is 386 g/mol. The van der Waals surface area contributed by atoms with Gasteiger partial charge in [0.25, 0.3) is 5.56 Å². The fourth-order valence-corrected chi connectivity index (χ4v) is 4.05. The van der Waals surface area contributed by atoms with Gasteiger partial charge in [0.15, 0.2) is 0 Å². The lowest BCUT2D eigenvalue weighted by Gasteiger charge is -2.13. The summed E-state index contributed by atoms with van der Waals surface area (Å²) < 4.78 is 3.12. The highest BCUT2D eigenvalue weighted by Gasteiger charge is 2.16. The maximum Gasteiger partial charge on any atom is 0.332 e. The average molecular weight is 414 g/mol. The Kier molecular flexibility index (Phi) is 6.37. The molecule has 154 valence electrons. The summed E-state index contributed by atoms with van der Waals surface area (Å²) in [6, 6.07) is 7.63. The topological polar surface area (TPSA) is 73.1 Å². The van der Waals surface area contributed by atoms with Gasteiger partial charge in [0.1, 0.15) is 11.2 Å². The second-order valence-corrected chi connectivity index (χ2v) is 8.76.